The fourth-order valence-corrected chi connectivity index (χ4v) is 2.91. The first-order valence-electron chi connectivity index (χ1n) is 6.79. The summed E-state index contributed by atoms with van der Waals surface area (Å²) >= 11 is 4.32. The lowest BCUT2D eigenvalue weighted by molar-refractivity contribution is 0.0918. The average Bonchev–Trinajstić information content (AvgIpc) is 2.40. The first kappa shape index (κ1) is 13.5. The lowest BCUT2D eigenvalue weighted by atomic mass is 9.84. The van der Waals surface area contributed by atoms with Crippen molar-refractivity contribution >= 4 is 18.5 Å². The monoisotopic (exact) mass is 263 g/mol. The van der Waals surface area contributed by atoms with Gasteiger partial charge in [0.1, 0.15) is 0 Å². The van der Waals surface area contributed by atoms with Crippen LogP contribution in [0.25, 0.3) is 0 Å². The van der Waals surface area contributed by atoms with Gasteiger partial charge in [-0.05, 0) is 43.7 Å². The SMILES string of the molecule is CCC1CCC(NC(=O)c2ccccc2S)CC1. The summed E-state index contributed by atoms with van der Waals surface area (Å²) in [4.78, 5) is 12.9. The molecule has 0 atom stereocenters. The number of carbonyl (C=O) groups is 1. The zero-order chi connectivity index (χ0) is 13.0. The number of hydrogen-bond acceptors (Lipinski definition) is 2. The van der Waals surface area contributed by atoms with Crippen molar-refractivity contribution in [1.82, 2.24) is 5.32 Å². The smallest absolute Gasteiger partial charge is 0.252 e. The molecule has 0 spiro atoms. The number of hydrogen-bond donors (Lipinski definition) is 2. The third-order valence-electron chi connectivity index (χ3n) is 3.91. The molecule has 0 bridgehead atoms. The second-order valence-corrected chi connectivity index (χ2v) is 5.60. The average molecular weight is 263 g/mol. The van der Waals surface area contributed by atoms with E-state index in [9.17, 15) is 4.79 Å². The van der Waals surface area contributed by atoms with E-state index in [2.05, 4.69) is 24.9 Å². The lowest BCUT2D eigenvalue weighted by Crippen LogP contribution is -2.37. The van der Waals surface area contributed by atoms with Crippen LogP contribution in [0.5, 0.6) is 0 Å². The van der Waals surface area contributed by atoms with E-state index in [0.717, 1.165) is 23.7 Å². The number of carbonyl (C=O) groups excluding carboxylic acids is 1. The Morgan fingerprint density at radius 1 is 1.28 bits per heavy atom. The molecule has 1 N–H and O–H groups in total. The molecular formula is C15H21NOS. The molecule has 18 heavy (non-hydrogen) atoms. The Labute approximate surface area is 115 Å². The van der Waals surface area contributed by atoms with Crippen LogP contribution in [0.1, 0.15) is 49.4 Å². The summed E-state index contributed by atoms with van der Waals surface area (Å²) in [5.41, 5.74) is 0.679. The predicted molar refractivity (Wildman–Crippen MR) is 77.2 cm³/mol. The third-order valence-corrected chi connectivity index (χ3v) is 4.30. The molecule has 0 aromatic heterocycles. The molecule has 2 rings (SSSR count). The molecule has 1 fully saturated rings. The number of rotatable bonds is 3. The van der Waals surface area contributed by atoms with Crippen LogP contribution in [0.15, 0.2) is 29.2 Å². The molecule has 0 radical (unpaired) electrons. The van der Waals surface area contributed by atoms with Crippen LogP contribution in [0.4, 0.5) is 0 Å². The fourth-order valence-electron chi connectivity index (χ4n) is 2.64. The number of nitrogens with one attached hydrogen (secondary N) is 1. The van der Waals surface area contributed by atoms with Crippen LogP contribution >= 0.6 is 12.6 Å². The maximum Gasteiger partial charge on any atom is 0.252 e. The topological polar surface area (TPSA) is 29.1 Å². The minimum Gasteiger partial charge on any atom is -0.349 e. The van der Waals surface area contributed by atoms with E-state index in [-0.39, 0.29) is 5.91 Å². The van der Waals surface area contributed by atoms with Crippen LogP contribution in [0, 0.1) is 5.92 Å². The predicted octanol–water partition coefficient (Wildman–Crippen LogP) is 3.67. The van der Waals surface area contributed by atoms with Crippen molar-refractivity contribution in [2.45, 2.75) is 50.0 Å². The summed E-state index contributed by atoms with van der Waals surface area (Å²) in [5.74, 6) is 0.871. The molecule has 0 heterocycles. The second kappa shape index (κ2) is 6.28. The van der Waals surface area contributed by atoms with E-state index < -0.39 is 0 Å². The molecule has 2 nitrogen and oxygen atoms in total. The van der Waals surface area contributed by atoms with Gasteiger partial charge in [-0.1, -0.05) is 25.5 Å². The van der Waals surface area contributed by atoms with E-state index in [1.807, 2.05) is 24.3 Å². The summed E-state index contributed by atoms with van der Waals surface area (Å²) in [6.07, 6.45) is 5.96. The van der Waals surface area contributed by atoms with E-state index in [0.29, 0.717) is 11.6 Å². The highest BCUT2D eigenvalue weighted by atomic mass is 32.1. The molecule has 0 aliphatic heterocycles. The molecule has 1 amide bonds. The van der Waals surface area contributed by atoms with Gasteiger partial charge in [0.05, 0.1) is 5.56 Å². The summed E-state index contributed by atoms with van der Waals surface area (Å²) in [7, 11) is 0. The quantitative estimate of drug-likeness (QED) is 0.800. The molecule has 1 aromatic carbocycles. The van der Waals surface area contributed by atoms with Gasteiger partial charge in [-0.3, -0.25) is 4.79 Å². The molecule has 0 unspecified atom stereocenters. The molecule has 98 valence electrons. The van der Waals surface area contributed by atoms with Gasteiger partial charge < -0.3 is 5.32 Å². The molecule has 0 saturated heterocycles. The fraction of sp³-hybridized carbons (Fsp3) is 0.533. The van der Waals surface area contributed by atoms with Gasteiger partial charge >= 0.3 is 0 Å². The maximum atomic E-state index is 12.1. The van der Waals surface area contributed by atoms with Crippen molar-refractivity contribution in [2.24, 2.45) is 5.92 Å². The Bertz CT molecular complexity index is 411. The van der Waals surface area contributed by atoms with Gasteiger partial charge in [0, 0.05) is 10.9 Å². The van der Waals surface area contributed by atoms with E-state index in [1.165, 1.54) is 19.3 Å². The van der Waals surface area contributed by atoms with Crippen molar-refractivity contribution in [3.05, 3.63) is 29.8 Å². The van der Waals surface area contributed by atoms with Crippen molar-refractivity contribution in [2.75, 3.05) is 0 Å². The Kier molecular flexibility index (Phi) is 4.70. The van der Waals surface area contributed by atoms with Crippen LogP contribution < -0.4 is 5.32 Å². The van der Waals surface area contributed by atoms with E-state index >= 15 is 0 Å². The van der Waals surface area contributed by atoms with Gasteiger partial charge in [0.25, 0.3) is 5.91 Å². The second-order valence-electron chi connectivity index (χ2n) is 5.12. The van der Waals surface area contributed by atoms with Crippen LogP contribution in [-0.2, 0) is 0 Å². The first-order valence-corrected chi connectivity index (χ1v) is 7.24. The minimum absolute atomic E-state index is 0.0144. The van der Waals surface area contributed by atoms with Crippen molar-refractivity contribution in [1.29, 1.82) is 0 Å². The number of amides is 1. The van der Waals surface area contributed by atoms with Crippen molar-refractivity contribution < 1.29 is 4.79 Å². The van der Waals surface area contributed by atoms with Gasteiger partial charge in [-0.2, -0.15) is 0 Å². The van der Waals surface area contributed by atoms with Crippen molar-refractivity contribution in [3.8, 4) is 0 Å². The van der Waals surface area contributed by atoms with Gasteiger partial charge in [0.15, 0.2) is 0 Å². The Balaban J connectivity index is 1.91. The lowest BCUT2D eigenvalue weighted by Gasteiger charge is -2.28. The highest BCUT2D eigenvalue weighted by Crippen LogP contribution is 2.26. The van der Waals surface area contributed by atoms with Crippen molar-refractivity contribution in [3.63, 3.8) is 0 Å². The van der Waals surface area contributed by atoms with Gasteiger partial charge in [-0.25, -0.2) is 0 Å². The largest absolute Gasteiger partial charge is 0.349 e. The molecule has 1 aliphatic carbocycles. The summed E-state index contributed by atoms with van der Waals surface area (Å²) in [6.45, 7) is 2.25. The third kappa shape index (κ3) is 3.29. The Hall–Kier alpha value is -0.960. The molecule has 1 aromatic rings. The number of thiol groups is 1. The van der Waals surface area contributed by atoms with E-state index in [4.69, 9.17) is 0 Å². The molecule has 3 heteroatoms. The van der Waals surface area contributed by atoms with E-state index in [1.54, 1.807) is 0 Å². The molecule has 1 aliphatic rings. The summed E-state index contributed by atoms with van der Waals surface area (Å²) in [6, 6.07) is 7.79. The molecule has 1 saturated carbocycles. The summed E-state index contributed by atoms with van der Waals surface area (Å²) in [5, 5.41) is 3.13. The van der Waals surface area contributed by atoms with Gasteiger partial charge in [0.2, 0.25) is 0 Å². The summed E-state index contributed by atoms with van der Waals surface area (Å²) < 4.78 is 0. The normalized spacial score (nSPS) is 23.7. The Morgan fingerprint density at radius 2 is 1.94 bits per heavy atom. The highest BCUT2D eigenvalue weighted by molar-refractivity contribution is 7.80. The van der Waals surface area contributed by atoms with Gasteiger partial charge in [-0.15, -0.1) is 12.6 Å². The van der Waals surface area contributed by atoms with Crippen LogP contribution in [-0.4, -0.2) is 11.9 Å². The zero-order valence-electron chi connectivity index (χ0n) is 10.9. The minimum atomic E-state index is 0.0144. The highest BCUT2D eigenvalue weighted by Gasteiger charge is 2.22. The van der Waals surface area contributed by atoms with Crippen LogP contribution in [0.2, 0.25) is 0 Å². The molecular weight excluding hydrogens is 242 g/mol. The zero-order valence-corrected chi connectivity index (χ0v) is 11.7. The number of benzene rings is 1. The maximum absolute atomic E-state index is 12.1. The first-order chi connectivity index (χ1) is 8.70. The van der Waals surface area contributed by atoms with Crippen LogP contribution in [0.3, 0.4) is 0 Å². The standard InChI is InChI=1S/C15H21NOS/c1-2-11-7-9-12(10-8-11)16-15(17)13-5-3-4-6-14(13)18/h3-6,11-12,18H,2,7-10H2,1H3,(H,16,17). The Morgan fingerprint density at radius 3 is 2.56 bits per heavy atom.